The molecule has 0 aliphatic carbocycles. The lowest BCUT2D eigenvalue weighted by atomic mass is 9.87. The summed E-state index contributed by atoms with van der Waals surface area (Å²) in [7, 11) is 0. The van der Waals surface area contributed by atoms with Crippen LogP contribution in [-0.2, 0) is 6.42 Å². The van der Waals surface area contributed by atoms with Crippen molar-refractivity contribution in [2.45, 2.75) is 22.1 Å². The minimum absolute atomic E-state index is 0.215. The van der Waals surface area contributed by atoms with Gasteiger partial charge in [-0.3, -0.25) is 0 Å². The molecule has 3 nitrogen and oxygen atoms in total. The van der Waals surface area contributed by atoms with Gasteiger partial charge in [-0.25, -0.2) is 0 Å². The van der Waals surface area contributed by atoms with Gasteiger partial charge in [-0.15, -0.1) is 0 Å². The van der Waals surface area contributed by atoms with Crippen LogP contribution in [0.2, 0.25) is 0 Å². The molecule has 0 bridgehead atoms. The third-order valence-corrected chi connectivity index (χ3v) is 13.7. The SMILES string of the molecule is c1ccc(-c2ccc(-c3ccc(N(c4ccc5c(c4)oc4ccccc45)c4ccc5c6c(n(-c7ccccc7)c5c4)CC(c4ccccc4)c4ccccc4S6)cc3)cc2)cc1. The van der Waals surface area contributed by atoms with Crippen LogP contribution in [0, 0.1) is 0 Å². The molecule has 2 aromatic heterocycles. The molecule has 294 valence electrons. The molecule has 4 heteroatoms. The fourth-order valence-electron chi connectivity index (χ4n) is 9.46. The third kappa shape index (κ3) is 6.31. The minimum Gasteiger partial charge on any atom is -0.456 e. The van der Waals surface area contributed by atoms with Gasteiger partial charge in [0, 0.05) is 72.8 Å². The smallest absolute Gasteiger partial charge is 0.137 e. The fraction of sp³-hybridized carbons (Fsp3) is 0.0345. The summed E-state index contributed by atoms with van der Waals surface area (Å²) in [5, 5.41) is 3.49. The lowest BCUT2D eigenvalue weighted by Crippen LogP contribution is -2.11. The monoisotopic (exact) mass is 812 g/mol. The molecule has 0 N–H and O–H groups in total. The third-order valence-electron chi connectivity index (χ3n) is 12.4. The summed E-state index contributed by atoms with van der Waals surface area (Å²) in [5.41, 5.74) is 16.1. The number of benzene rings is 9. The van der Waals surface area contributed by atoms with Crippen molar-refractivity contribution in [1.29, 1.82) is 0 Å². The Morgan fingerprint density at radius 1 is 0.452 bits per heavy atom. The van der Waals surface area contributed by atoms with Gasteiger partial charge < -0.3 is 13.9 Å². The maximum Gasteiger partial charge on any atom is 0.137 e. The van der Waals surface area contributed by atoms with Gasteiger partial charge in [-0.1, -0.05) is 163 Å². The van der Waals surface area contributed by atoms with E-state index in [0.717, 1.165) is 51.1 Å². The van der Waals surface area contributed by atoms with Crippen molar-refractivity contribution < 1.29 is 4.42 Å². The number of aromatic nitrogens is 1. The zero-order valence-electron chi connectivity index (χ0n) is 33.9. The number of hydrogen-bond donors (Lipinski definition) is 0. The topological polar surface area (TPSA) is 21.3 Å². The molecule has 0 radical (unpaired) electrons. The van der Waals surface area contributed by atoms with E-state index >= 15 is 0 Å². The lowest BCUT2D eigenvalue weighted by molar-refractivity contribution is 0.669. The van der Waals surface area contributed by atoms with E-state index in [1.165, 1.54) is 59.8 Å². The second-order valence-electron chi connectivity index (χ2n) is 16.1. The molecular weight excluding hydrogens is 773 g/mol. The maximum absolute atomic E-state index is 6.49. The van der Waals surface area contributed by atoms with Crippen molar-refractivity contribution in [3.8, 4) is 27.9 Å². The number of hydrogen-bond acceptors (Lipinski definition) is 3. The molecule has 1 aliphatic heterocycles. The highest BCUT2D eigenvalue weighted by Gasteiger charge is 2.30. The molecule has 11 aromatic rings. The number of para-hydroxylation sites is 2. The second-order valence-corrected chi connectivity index (χ2v) is 17.1. The Morgan fingerprint density at radius 3 is 1.74 bits per heavy atom. The van der Waals surface area contributed by atoms with Gasteiger partial charge in [0.05, 0.1) is 5.52 Å². The van der Waals surface area contributed by atoms with Gasteiger partial charge in [0.2, 0.25) is 0 Å². The largest absolute Gasteiger partial charge is 0.456 e. The quantitative estimate of drug-likeness (QED) is 0.160. The highest BCUT2D eigenvalue weighted by Crippen LogP contribution is 2.50. The van der Waals surface area contributed by atoms with Gasteiger partial charge in [0.1, 0.15) is 11.2 Å². The predicted octanol–water partition coefficient (Wildman–Crippen LogP) is 16.2. The standard InChI is InChI=1S/C58H40N2OS/c1-4-14-39(15-5-1)40-24-26-41(27-25-40)42-28-30-45(31-29-42)59(47-32-34-49-48-20-10-12-22-55(48)61-56(49)37-47)46-33-35-51-53(36-46)60(44-18-8-3-9-19-44)54-38-52(43-16-6-2-7-17-43)50-21-11-13-23-57(50)62-58(51)54/h1-37,52H,38H2. The molecule has 9 aromatic carbocycles. The van der Waals surface area contributed by atoms with E-state index in [4.69, 9.17) is 4.42 Å². The van der Waals surface area contributed by atoms with Gasteiger partial charge >= 0.3 is 0 Å². The zero-order chi connectivity index (χ0) is 41.0. The number of furan rings is 1. The highest BCUT2D eigenvalue weighted by molar-refractivity contribution is 7.99. The normalized spacial score (nSPS) is 13.5. The van der Waals surface area contributed by atoms with E-state index in [9.17, 15) is 0 Å². The van der Waals surface area contributed by atoms with Crippen LogP contribution in [0.1, 0.15) is 22.7 Å². The maximum atomic E-state index is 6.49. The van der Waals surface area contributed by atoms with Gasteiger partial charge in [0.15, 0.2) is 0 Å². The van der Waals surface area contributed by atoms with Crippen molar-refractivity contribution in [3.63, 3.8) is 0 Å². The van der Waals surface area contributed by atoms with Crippen LogP contribution in [0.15, 0.2) is 239 Å². The van der Waals surface area contributed by atoms with Crippen molar-refractivity contribution in [2.75, 3.05) is 4.90 Å². The second kappa shape index (κ2) is 15.2. The van der Waals surface area contributed by atoms with Gasteiger partial charge in [-0.05, 0) is 100 Å². The van der Waals surface area contributed by atoms with Crippen molar-refractivity contribution >= 4 is 61.7 Å². The molecule has 62 heavy (non-hydrogen) atoms. The van der Waals surface area contributed by atoms with Crippen LogP contribution >= 0.6 is 11.8 Å². The first-order chi connectivity index (χ1) is 30.7. The Morgan fingerprint density at radius 2 is 1.00 bits per heavy atom. The van der Waals surface area contributed by atoms with E-state index < -0.39 is 0 Å². The number of anilines is 3. The zero-order valence-corrected chi connectivity index (χ0v) is 34.7. The summed E-state index contributed by atoms with van der Waals surface area (Å²) in [4.78, 5) is 5.00. The molecule has 0 saturated heterocycles. The van der Waals surface area contributed by atoms with Gasteiger partial charge in [0.25, 0.3) is 0 Å². The first-order valence-electron chi connectivity index (χ1n) is 21.3. The molecule has 1 aliphatic rings. The summed E-state index contributed by atoms with van der Waals surface area (Å²) in [5.74, 6) is 0.215. The first kappa shape index (κ1) is 36.3. The Labute approximate surface area is 365 Å². The van der Waals surface area contributed by atoms with Crippen LogP contribution in [0.4, 0.5) is 17.1 Å². The molecule has 0 spiro atoms. The number of nitrogens with zero attached hydrogens (tertiary/aromatic N) is 2. The molecule has 0 amide bonds. The fourth-order valence-corrected chi connectivity index (χ4v) is 10.7. The van der Waals surface area contributed by atoms with E-state index in [2.05, 4.69) is 222 Å². The van der Waals surface area contributed by atoms with Crippen LogP contribution in [0.25, 0.3) is 60.8 Å². The summed E-state index contributed by atoms with van der Waals surface area (Å²) in [6.45, 7) is 0. The molecular formula is C58H40N2OS. The predicted molar refractivity (Wildman–Crippen MR) is 259 cm³/mol. The Kier molecular flexibility index (Phi) is 8.90. The van der Waals surface area contributed by atoms with E-state index in [1.54, 1.807) is 0 Å². The Balaban J connectivity index is 1.02. The van der Waals surface area contributed by atoms with Crippen molar-refractivity contribution in [2.24, 2.45) is 0 Å². The van der Waals surface area contributed by atoms with E-state index in [1.807, 2.05) is 23.9 Å². The summed E-state index contributed by atoms with van der Waals surface area (Å²) >= 11 is 1.91. The molecule has 0 fully saturated rings. The highest BCUT2D eigenvalue weighted by atomic mass is 32.2. The van der Waals surface area contributed by atoms with Crippen LogP contribution in [-0.4, -0.2) is 4.57 Å². The van der Waals surface area contributed by atoms with Crippen LogP contribution in [0.3, 0.4) is 0 Å². The summed E-state index contributed by atoms with van der Waals surface area (Å²) in [6.07, 6.45) is 0.877. The first-order valence-corrected chi connectivity index (χ1v) is 22.1. The van der Waals surface area contributed by atoms with E-state index in [0.29, 0.717) is 0 Å². The Hall–Kier alpha value is -7.53. The van der Waals surface area contributed by atoms with Crippen molar-refractivity contribution in [1.82, 2.24) is 4.57 Å². The van der Waals surface area contributed by atoms with Crippen molar-refractivity contribution in [3.05, 3.63) is 241 Å². The molecule has 3 heterocycles. The molecule has 12 rings (SSSR count). The summed E-state index contributed by atoms with van der Waals surface area (Å²) < 4.78 is 9.01. The molecule has 0 saturated carbocycles. The minimum atomic E-state index is 0.215. The molecule has 1 unspecified atom stereocenters. The number of rotatable bonds is 7. The average Bonchev–Trinajstić information content (AvgIpc) is 3.80. The lowest BCUT2D eigenvalue weighted by Gasteiger charge is -2.26. The Bertz CT molecular complexity index is 3390. The van der Waals surface area contributed by atoms with Crippen LogP contribution in [0.5, 0.6) is 0 Å². The average molecular weight is 813 g/mol. The molecule has 1 atom stereocenters. The van der Waals surface area contributed by atoms with Crippen LogP contribution < -0.4 is 4.90 Å². The van der Waals surface area contributed by atoms with Gasteiger partial charge in [-0.2, -0.15) is 0 Å². The van der Waals surface area contributed by atoms with E-state index in [-0.39, 0.29) is 5.92 Å². The summed E-state index contributed by atoms with van der Waals surface area (Å²) in [6, 6.07) is 81.2. The number of fused-ring (bicyclic) bond motifs is 7.